The van der Waals surface area contributed by atoms with Crippen LogP contribution in [0.3, 0.4) is 0 Å². The fourth-order valence-corrected chi connectivity index (χ4v) is 1.23. The number of rotatable bonds is 3. The van der Waals surface area contributed by atoms with Crippen LogP contribution in [0, 0.1) is 18.8 Å². The molecule has 0 fully saturated rings. The van der Waals surface area contributed by atoms with Gasteiger partial charge in [-0.25, -0.2) is 0 Å². The Morgan fingerprint density at radius 2 is 2.20 bits per heavy atom. The molecule has 0 aromatic heterocycles. The van der Waals surface area contributed by atoms with Crippen molar-refractivity contribution in [3.63, 3.8) is 0 Å². The number of nitrogens with one attached hydrogen (secondary N) is 1. The lowest BCUT2D eigenvalue weighted by Crippen LogP contribution is -2.11. The first-order valence-electron chi connectivity index (χ1n) is 5.12. The summed E-state index contributed by atoms with van der Waals surface area (Å²) < 4.78 is 5.13. The van der Waals surface area contributed by atoms with Gasteiger partial charge in [-0.15, -0.1) is 0 Å². The van der Waals surface area contributed by atoms with Crippen LogP contribution >= 0.6 is 0 Å². The molecule has 1 rings (SSSR count). The van der Waals surface area contributed by atoms with Gasteiger partial charge in [0, 0.05) is 5.56 Å². The van der Waals surface area contributed by atoms with E-state index in [9.17, 15) is 0 Å². The Hall–Kier alpha value is -1.46. The summed E-state index contributed by atoms with van der Waals surface area (Å²) in [7, 11) is 1.67. The van der Waals surface area contributed by atoms with Gasteiger partial charge in [0.05, 0.1) is 13.7 Å². The summed E-state index contributed by atoms with van der Waals surface area (Å²) in [6.07, 6.45) is 0. The molecule has 0 atom stereocenters. The van der Waals surface area contributed by atoms with Crippen molar-refractivity contribution in [2.75, 3.05) is 20.2 Å². The molecule has 0 spiro atoms. The summed E-state index contributed by atoms with van der Waals surface area (Å²) in [5.41, 5.74) is 2.21. The minimum absolute atomic E-state index is 0.738. The zero-order chi connectivity index (χ0) is 11.1. The molecule has 0 saturated heterocycles. The van der Waals surface area contributed by atoms with Crippen LogP contribution in [-0.2, 0) is 0 Å². The van der Waals surface area contributed by atoms with Crippen molar-refractivity contribution in [3.05, 3.63) is 29.3 Å². The average Bonchev–Trinajstić information content (AvgIpc) is 2.26. The van der Waals surface area contributed by atoms with Crippen molar-refractivity contribution in [2.45, 2.75) is 13.8 Å². The third-order valence-corrected chi connectivity index (χ3v) is 2.12. The van der Waals surface area contributed by atoms with E-state index < -0.39 is 0 Å². The highest BCUT2D eigenvalue weighted by atomic mass is 16.5. The zero-order valence-electron chi connectivity index (χ0n) is 9.55. The molecule has 1 N–H and O–H groups in total. The van der Waals surface area contributed by atoms with Crippen molar-refractivity contribution in [2.24, 2.45) is 0 Å². The molecular formula is C13H17NO. The van der Waals surface area contributed by atoms with Crippen molar-refractivity contribution in [1.82, 2.24) is 5.32 Å². The molecule has 0 unspecified atom stereocenters. The zero-order valence-corrected chi connectivity index (χ0v) is 9.55. The molecule has 0 amide bonds. The van der Waals surface area contributed by atoms with Gasteiger partial charge in [0.15, 0.2) is 0 Å². The van der Waals surface area contributed by atoms with Gasteiger partial charge in [-0.05, 0) is 37.2 Å². The van der Waals surface area contributed by atoms with Gasteiger partial charge in [0.2, 0.25) is 0 Å². The fourth-order valence-electron chi connectivity index (χ4n) is 1.23. The lowest BCUT2D eigenvalue weighted by molar-refractivity contribution is 0.414. The van der Waals surface area contributed by atoms with E-state index >= 15 is 0 Å². The van der Waals surface area contributed by atoms with E-state index in [-0.39, 0.29) is 0 Å². The quantitative estimate of drug-likeness (QED) is 0.599. The summed E-state index contributed by atoms with van der Waals surface area (Å²) >= 11 is 0. The van der Waals surface area contributed by atoms with Crippen LogP contribution in [0.2, 0.25) is 0 Å². The van der Waals surface area contributed by atoms with E-state index in [1.165, 1.54) is 0 Å². The normalized spacial score (nSPS) is 9.27. The van der Waals surface area contributed by atoms with Gasteiger partial charge >= 0.3 is 0 Å². The maximum absolute atomic E-state index is 5.13. The van der Waals surface area contributed by atoms with Crippen molar-refractivity contribution in [3.8, 4) is 17.6 Å². The second-order valence-corrected chi connectivity index (χ2v) is 3.26. The lowest BCUT2D eigenvalue weighted by atomic mass is 10.1. The van der Waals surface area contributed by atoms with Crippen molar-refractivity contribution < 1.29 is 4.74 Å². The molecule has 0 heterocycles. The van der Waals surface area contributed by atoms with Crippen LogP contribution in [0.5, 0.6) is 5.75 Å². The molecular weight excluding hydrogens is 186 g/mol. The molecule has 0 aliphatic heterocycles. The molecule has 0 aliphatic carbocycles. The molecule has 0 saturated carbocycles. The molecule has 80 valence electrons. The number of hydrogen-bond acceptors (Lipinski definition) is 2. The molecule has 2 heteroatoms. The Kier molecular flexibility index (Phi) is 4.73. The standard InChI is InChI=1S/C13H17NO/c1-4-14-9-5-6-12-7-8-13(15-3)10-11(12)2/h7-8,10,14H,4,9H2,1-3H3. The van der Waals surface area contributed by atoms with E-state index in [2.05, 4.69) is 24.1 Å². The van der Waals surface area contributed by atoms with Crippen molar-refractivity contribution in [1.29, 1.82) is 0 Å². The third-order valence-electron chi connectivity index (χ3n) is 2.12. The Morgan fingerprint density at radius 3 is 2.80 bits per heavy atom. The van der Waals surface area contributed by atoms with Crippen LogP contribution in [0.1, 0.15) is 18.1 Å². The second kappa shape index (κ2) is 6.10. The van der Waals surface area contributed by atoms with Crippen LogP contribution in [0.25, 0.3) is 0 Å². The number of benzene rings is 1. The predicted octanol–water partition coefficient (Wildman–Crippen LogP) is 1.96. The monoisotopic (exact) mass is 203 g/mol. The van der Waals surface area contributed by atoms with Crippen molar-refractivity contribution >= 4 is 0 Å². The topological polar surface area (TPSA) is 21.3 Å². The molecule has 1 aromatic rings. The largest absolute Gasteiger partial charge is 0.497 e. The van der Waals surface area contributed by atoms with Gasteiger partial charge < -0.3 is 10.1 Å². The maximum Gasteiger partial charge on any atom is 0.119 e. The van der Waals surface area contributed by atoms with Crippen LogP contribution in [0.4, 0.5) is 0 Å². The van der Waals surface area contributed by atoms with E-state index in [0.717, 1.165) is 30.0 Å². The number of ether oxygens (including phenoxy) is 1. The number of aryl methyl sites for hydroxylation is 1. The predicted molar refractivity (Wildman–Crippen MR) is 63.2 cm³/mol. The first kappa shape index (κ1) is 11.6. The molecule has 1 aromatic carbocycles. The summed E-state index contributed by atoms with van der Waals surface area (Å²) in [4.78, 5) is 0. The van der Waals surface area contributed by atoms with E-state index in [1.54, 1.807) is 7.11 Å². The molecule has 0 bridgehead atoms. The second-order valence-electron chi connectivity index (χ2n) is 3.26. The molecule has 0 radical (unpaired) electrons. The third kappa shape index (κ3) is 3.65. The van der Waals surface area contributed by atoms with Crippen LogP contribution in [-0.4, -0.2) is 20.2 Å². The van der Waals surface area contributed by atoms with Gasteiger partial charge in [-0.3, -0.25) is 0 Å². The van der Waals surface area contributed by atoms with Crippen LogP contribution in [0.15, 0.2) is 18.2 Å². The smallest absolute Gasteiger partial charge is 0.119 e. The summed E-state index contributed by atoms with van der Waals surface area (Å²) in [6, 6.07) is 5.93. The molecule has 2 nitrogen and oxygen atoms in total. The Labute approximate surface area is 91.6 Å². The summed E-state index contributed by atoms with van der Waals surface area (Å²) in [6.45, 7) is 5.80. The maximum atomic E-state index is 5.13. The minimum Gasteiger partial charge on any atom is -0.497 e. The highest BCUT2D eigenvalue weighted by Crippen LogP contribution is 2.15. The summed E-state index contributed by atoms with van der Waals surface area (Å²) in [5.74, 6) is 7.09. The molecule has 0 aliphatic rings. The van der Waals surface area contributed by atoms with E-state index in [0.29, 0.717) is 0 Å². The Balaban J connectivity index is 2.72. The molecule has 15 heavy (non-hydrogen) atoms. The number of methoxy groups -OCH3 is 1. The van der Waals surface area contributed by atoms with Gasteiger partial charge in [0.25, 0.3) is 0 Å². The van der Waals surface area contributed by atoms with Gasteiger partial charge in [-0.1, -0.05) is 18.8 Å². The van der Waals surface area contributed by atoms with E-state index in [4.69, 9.17) is 4.74 Å². The highest BCUT2D eigenvalue weighted by molar-refractivity contribution is 5.44. The Bertz CT molecular complexity index is 374. The first-order chi connectivity index (χ1) is 7.27. The highest BCUT2D eigenvalue weighted by Gasteiger charge is 1.96. The van der Waals surface area contributed by atoms with E-state index in [1.807, 2.05) is 25.1 Å². The minimum atomic E-state index is 0.738. The first-order valence-corrected chi connectivity index (χ1v) is 5.12. The summed E-state index contributed by atoms with van der Waals surface area (Å²) in [5, 5.41) is 3.16. The number of hydrogen-bond donors (Lipinski definition) is 1. The fraction of sp³-hybridized carbons (Fsp3) is 0.385. The lowest BCUT2D eigenvalue weighted by Gasteiger charge is -2.02. The van der Waals surface area contributed by atoms with Crippen LogP contribution < -0.4 is 10.1 Å². The van der Waals surface area contributed by atoms with Gasteiger partial charge in [-0.2, -0.15) is 0 Å². The average molecular weight is 203 g/mol. The Morgan fingerprint density at radius 1 is 1.40 bits per heavy atom. The SMILES string of the molecule is CCNCC#Cc1ccc(OC)cc1C. The van der Waals surface area contributed by atoms with Gasteiger partial charge in [0.1, 0.15) is 5.75 Å².